The van der Waals surface area contributed by atoms with Crippen LogP contribution >= 0.6 is 12.4 Å². The third kappa shape index (κ3) is 3.11. The van der Waals surface area contributed by atoms with Crippen LogP contribution in [-0.2, 0) is 4.79 Å². The van der Waals surface area contributed by atoms with Gasteiger partial charge in [-0.25, -0.2) is 0 Å². The Balaban J connectivity index is 0.00000128. The van der Waals surface area contributed by atoms with Gasteiger partial charge >= 0.3 is 0 Å². The summed E-state index contributed by atoms with van der Waals surface area (Å²) in [6, 6.07) is 0. The van der Waals surface area contributed by atoms with Crippen molar-refractivity contribution in [1.29, 1.82) is 0 Å². The third-order valence-electron chi connectivity index (χ3n) is 3.62. The van der Waals surface area contributed by atoms with Crippen molar-refractivity contribution in [2.45, 2.75) is 33.1 Å². The molecule has 1 amide bonds. The Hall–Kier alpha value is -0.280. The normalized spacial score (nSPS) is 28.6. The van der Waals surface area contributed by atoms with Gasteiger partial charge in [0.05, 0.1) is 5.92 Å². The molecule has 0 aromatic rings. The molecule has 2 aliphatic rings. The van der Waals surface area contributed by atoms with Gasteiger partial charge in [0.25, 0.3) is 0 Å². The molecule has 2 rings (SSSR count). The molecular formula is C12H23ClN2O. The van der Waals surface area contributed by atoms with Crippen LogP contribution in [0.2, 0.25) is 0 Å². The number of piperidine rings is 1. The number of nitrogens with zero attached hydrogens (tertiary/aromatic N) is 1. The lowest BCUT2D eigenvalue weighted by atomic mass is 9.83. The molecule has 4 heteroatoms. The van der Waals surface area contributed by atoms with Crippen LogP contribution < -0.4 is 5.32 Å². The lowest BCUT2D eigenvalue weighted by molar-refractivity contribution is -0.138. The Morgan fingerprint density at radius 2 is 2.19 bits per heavy atom. The second kappa shape index (κ2) is 5.37. The van der Waals surface area contributed by atoms with Gasteiger partial charge in [0, 0.05) is 19.6 Å². The number of likely N-dealkylation sites (tertiary alicyclic amines) is 1. The Morgan fingerprint density at radius 1 is 1.44 bits per heavy atom. The maximum absolute atomic E-state index is 12.2. The molecule has 0 bridgehead atoms. The van der Waals surface area contributed by atoms with E-state index >= 15 is 0 Å². The van der Waals surface area contributed by atoms with Crippen molar-refractivity contribution in [3.8, 4) is 0 Å². The molecule has 2 aliphatic heterocycles. The van der Waals surface area contributed by atoms with E-state index in [-0.39, 0.29) is 18.3 Å². The molecule has 0 aliphatic carbocycles. The highest BCUT2D eigenvalue weighted by atomic mass is 35.5. The van der Waals surface area contributed by atoms with Gasteiger partial charge in [0.15, 0.2) is 0 Å². The molecule has 2 fully saturated rings. The molecule has 0 spiro atoms. The van der Waals surface area contributed by atoms with E-state index in [1.807, 2.05) is 0 Å². The van der Waals surface area contributed by atoms with E-state index in [0.717, 1.165) is 32.6 Å². The topological polar surface area (TPSA) is 32.3 Å². The van der Waals surface area contributed by atoms with Gasteiger partial charge in [-0.2, -0.15) is 0 Å². The summed E-state index contributed by atoms with van der Waals surface area (Å²) in [5, 5.41) is 3.27. The van der Waals surface area contributed by atoms with Crippen LogP contribution in [0.1, 0.15) is 33.1 Å². The quantitative estimate of drug-likeness (QED) is 0.764. The molecule has 0 aromatic carbocycles. The van der Waals surface area contributed by atoms with Gasteiger partial charge in [-0.05, 0) is 31.2 Å². The number of halogens is 1. The largest absolute Gasteiger partial charge is 0.342 e. The van der Waals surface area contributed by atoms with Crippen molar-refractivity contribution in [2.24, 2.45) is 11.3 Å². The van der Waals surface area contributed by atoms with Crippen molar-refractivity contribution >= 4 is 18.3 Å². The summed E-state index contributed by atoms with van der Waals surface area (Å²) in [4.78, 5) is 14.3. The summed E-state index contributed by atoms with van der Waals surface area (Å²) in [6.45, 7) is 8.34. The van der Waals surface area contributed by atoms with Gasteiger partial charge in [0.2, 0.25) is 5.91 Å². The van der Waals surface area contributed by atoms with Crippen molar-refractivity contribution in [1.82, 2.24) is 10.2 Å². The van der Waals surface area contributed by atoms with Crippen LogP contribution in [0.25, 0.3) is 0 Å². The molecule has 0 radical (unpaired) electrons. The Bertz CT molecular complexity index is 249. The number of carbonyl (C=O) groups excluding carboxylic acids is 1. The van der Waals surface area contributed by atoms with Crippen molar-refractivity contribution in [3.63, 3.8) is 0 Å². The first-order valence-electron chi connectivity index (χ1n) is 6.08. The Labute approximate surface area is 104 Å². The lowest BCUT2D eigenvalue weighted by Gasteiger charge is -2.39. The van der Waals surface area contributed by atoms with Crippen LogP contribution in [0, 0.1) is 11.3 Å². The summed E-state index contributed by atoms with van der Waals surface area (Å²) in [6.07, 6.45) is 3.44. The highest BCUT2D eigenvalue weighted by Gasteiger charge is 2.33. The average Bonchev–Trinajstić information content (AvgIpc) is 2.67. The van der Waals surface area contributed by atoms with E-state index in [2.05, 4.69) is 24.1 Å². The van der Waals surface area contributed by atoms with Crippen LogP contribution in [0.5, 0.6) is 0 Å². The average molecular weight is 247 g/mol. The van der Waals surface area contributed by atoms with Crippen LogP contribution in [0.3, 0.4) is 0 Å². The molecule has 1 unspecified atom stereocenters. The van der Waals surface area contributed by atoms with Crippen LogP contribution in [0.4, 0.5) is 0 Å². The van der Waals surface area contributed by atoms with Crippen molar-refractivity contribution in [2.75, 3.05) is 26.2 Å². The van der Waals surface area contributed by atoms with Crippen LogP contribution in [-0.4, -0.2) is 37.0 Å². The van der Waals surface area contributed by atoms with Crippen molar-refractivity contribution in [3.05, 3.63) is 0 Å². The molecular weight excluding hydrogens is 224 g/mol. The standard InChI is InChI=1S/C12H22N2O.ClH/c1-12(2)5-3-7-14(9-12)11(15)10-4-6-13-8-10;/h10,13H,3-9H2,1-2H3;1H. The second-order valence-electron chi connectivity index (χ2n) is 5.72. The number of hydrogen-bond acceptors (Lipinski definition) is 2. The van der Waals surface area contributed by atoms with E-state index in [9.17, 15) is 4.79 Å². The van der Waals surface area contributed by atoms with Gasteiger partial charge in [-0.15, -0.1) is 12.4 Å². The fraction of sp³-hybridized carbons (Fsp3) is 0.917. The maximum Gasteiger partial charge on any atom is 0.227 e. The minimum Gasteiger partial charge on any atom is -0.342 e. The smallest absolute Gasteiger partial charge is 0.227 e. The zero-order chi connectivity index (χ0) is 10.9. The van der Waals surface area contributed by atoms with Crippen molar-refractivity contribution < 1.29 is 4.79 Å². The van der Waals surface area contributed by atoms with E-state index in [0.29, 0.717) is 11.3 Å². The lowest BCUT2D eigenvalue weighted by Crippen LogP contribution is -2.46. The molecule has 2 heterocycles. The summed E-state index contributed by atoms with van der Waals surface area (Å²) in [5.74, 6) is 0.631. The molecule has 1 N–H and O–H groups in total. The maximum atomic E-state index is 12.2. The molecule has 2 saturated heterocycles. The van der Waals surface area contributed by atoms with Gasteiger partial charge in [0.1, 0.15) is 0 Å². The summed E-state index contributed by atoms with van der Waals surface area (Å²) in [7, 11) is 0. The SMILES string of the molecule is CC1(C)CCCN(C(=O)C2CCNC2)C1.Cl. The predicted molar refractivity (Wildman–Crippen MR) is 67.8 cm³/mol. The zero-order valence-electron chi connectivity index (χ0n) is 10.3. The highest BCUT2D eigenvalue weighted by molar-refractivity contribution is 5.85. The molecule has 3 nitrogen and oxygen atoms in total. The van der Waals surface area contributed by atoms with E-state index in [1.54, 1.807) is 0 Å². The Morgan fingerprint density at radius 3 is 2.75 bits per heavy atom. The monoisotopic (exact) mass is 246 g/mol. The number of rotatable bonds is 1. The minimum absolute atomic E-state index is 0. The highest BCUT2D eigenvalue weighted by Crippen LogP contribution is 2.29. The summed E-state index contributed by atoms with van der Waals surface area (Å²) in [5.41, 5.74) is 0.319. The molecule has 0 aromatic heterocycles. The van der Waals surface area contributed by atoms with Gasteiger partial charge in [-0.1, -0.05) is 13.8 Å². The Kier molecular flexibility index (Phi) is 4.62. The first-order chi connectivity index (χ1) is 7.08. The summed E-state index contributed by atoms with van der Waals surface area (Å²) < 4.78 is 0. The predicted octanol–water partition coefficient (Wildman–Crippen LogP) is 1.67. The fourth-order valence-electron chi connectivity index (χ4n) is 2.74. The molecule has 1 atom stereocenters. The first kappa shape index (κ1) is 13.8. The summed E-state index contributed by atoms with van der Waals surface area (Å²) >= 11 is 0. The minimum atomic E-state index is 0. The molecule has 94 valence electrons. The van der Waals surface area contributed by atoms with E-state index in [1.165, 1.54) is 12.8 Å². The molecule has 16 heavy (non-hydrogen) atoms. The second-order valence-corrected chi connectivity index (χ2v) is 5.72. The molecule has 0 saturated carbocycles. The third-order valence-corrected chi connectivity index (χ3v) is 3.62. The van der Waals surface area contributed by atoms with Gasteiger partial charge in [-0.3, -0.25) is 4.79 Å². The first-order valence-corrected chi connectivity index (χ1v) is 6.08. The number of carbonyl (C=O) groups is 1. The number of nitrogens with one attached hydrogen (secondary N) is 1. The number of amides is 1. The van der Waals surface area contributed by atoms with Gasteiger partial charge < -0.3 is 10.2 Å². The zero-order valence-corrected chi connectivity index (χ0v) is 11.1. The fourth-order valence-corrected chi connectivity index (χ4v) is 2.74. The van der Waals surface area contributed by atoms with Crippen LogP contribution in [0.15, 0.2) is 0 Å². The van der Waals surface area contributed by atoms with E-state index < -0.39 is 0 Å². The number of hydrogen-bond donors (Lipinski definition) is 1. The van der Waals surface area contributed by atoms with E-state index in [4.69, 9.17) is 0 Å².